The minimum atomic E-state index is -0.327. The maximum absolute atomic E-state index is 11.3. The van der Waals surface area contributed by atoms with Gasteiger partial charge in [0.25, 0.3) is 0 Å². The lowest BCUT2D eigenvalue weighted by atomic mass is 10.2. The molecule has 1 fully saturated rings. The Morgan fingerprint density at radius 2 is 2.12 bits per heavy atom. The van der Waals surface area contributed by atoms with Crippen LogP contribution >= 0.6 is 0 Å². The highest BCUT2D eigenvalue weighted by Gasteiger charge is 2.31. The van der Waals surface area contributed by atoms with Crippen LogP contribution in [0.5, 0.6) is 0 Å². The lowest BCUT2D eigenvalue weighted by molar-refractivity contribution is -0.139. The fraction of sp³-hybridized carbons (Fsp3) is 0.308. The highest BCUT2D eigenvalue weighted by Crippen LogP contribution is 2.21. The minimum absolute atomic E-state index is 0.0873. The molecular weight excluding hydrogens is 204 g/mol. The maximum Gasteiger partial charge on any atom is 0.330 e. The smallest absolute Gasteiger partial charge is 0.330 e. The SMILES string of the molecule is C[C@H]1O[C@@H]1/C=C/C(=O)OCc1ccccc1. The van der Waals surface area contributed by atoms with Crippen molar-refractivity contribution in [1.82, 2.24) is 0 Å². The van der Waals surface area contributed by atoms with Gasteiger partial charge >= 0.3 is 5.97 Å². The largest absolute Gasteiger partial charge is 0.458 e. The van der Waals surface area contributed by atoms with Gasteiger partial charge in [-0.2, -0.15) is 0 Å². The number of carbonyl (C=O) groups is 1. The van der Waals surface area contributed by atoms with Gasteiger partial charge in [-0.15, -0.1) is 0 Å². The Hall–Kier alpha value is -1.61. The predicted octanol–water partition coefficient (Wildman–Crippen LogP) is 2.07. The summed E-state index contributed by atoms with van der Waals surface area (Å²) in [5.74, 6) is -0.327. The van der Waals surface area contributed by atoms with Crippen molar-refractivity contribution in [3.8, 4) is 0 Å². The number of hydrogen-bond acceptors (Lipinski definition) is 3. The van der Waals surface area contributed by atoms with E-state index in [1.54, 1.807) is 6.08 Å². The van der Waals surface area contributed by atoms with Crippen molar-refractivity contribution in [2.45, 2.75) is 25.7 Å². The van der Waals surface area contributed by atoms with Crippen molar-refractivity contribution in [2.75, 3.05) is 0 Å². The summed E-state index contributed by atoms with van der Waals surface area (Å²) in [7, 11) is 0. The standard InChI is InChI=1S/C13H14O3/c1-10-12(16-10)7-8-13(14)15-9-11-5-3-2-4-6-11/h2-8,10,12H,9H2,1H3/b8-7+/t10-,12-/m1/s1. The molecular formula is C13H14O3. The third-order valence-corrected chi connectivity index (χ3v) is 2.40. The molecule has 0 N–H and O–H groups in total. The van der Waals surface area contributed by atoms with Crippen LogP contribution in [-0.4, -0.2) is 18.2 Å². The number of epoxide rings is 1. The second-order valence-corrected chi connectivity index (χ2v) is 3.76. The Balaban J connectivity index is 1.74. The van der Waals surface area contributed by atoms with Gasteiger partial charge in [0, 0.05) is 6.08 Å². The molecule has 2 atom stereocenters. The zero-order chi connectivity index (χ0) is 11.4. The summed E-state index contributed by atoms with van der Waals surface area (Å²) in [6.45, 7) is 2.27. The van der Waals surface area contributed by atoms with Gasteiger partial charge in [0.05, 0.1) is 6.10 Å². The van der Waals surface area contributed by atoms with Gasteiger partial charge in [0.2, 0.25) is 0 Å². The van der Waals surface area contributed by atoms with Crippen molar-refractivity contribution in [1.29, 1.82) is 0 Å². The summed E-state index contributed by atoms with van der Waals surface area (Å²) in [4.78, 5) is 11.3. The minimum Gasteiger partial charge on any atom is -0.458 e. The number of benzene rings is 1. The summed E-state index contributed by atoms with van der Waals surface area (Å²) in [6.07, 6.45) is 3.48. The van der Waals surface area contributed by atoms with E-state index in [2.05, 4.69) is 0 Å². The van der Waals surface area contributed by atoms with Crippen molar-refractivity contribution < 1.29 is 14.3 Å². The van der Waals surface area contributed by atoms with Crippen molar-refractivity contribution in [2.24, 2.45) is 0 Å². The zero-order valence-corrected chi connectivity index (χ0v) is 9.13. The van der Waals surface area contributed by atoms with Crippen LogP contribution in [0.3, 0.4) is 0 Å². The normalized spacial score (nSPS) is 23.3. The molecule has 0 amide bonds. The maximum atomic E-state index is 11.3. The van der Waals surface area contributed by atoms with E-state index in [9.17, 15) is 4.79 Å². The van der Waals surface area contributed by atoms with Crippen LogP contribution in [0.15, 0.2) is 42.5 Å². The molecule has 1 heterocycles. The van der Waals surface area contributed by atoms with Crippen LogP contribution < -0.4 is 0 Å². The Labute approximate surface area is 94.7 Å². The van der Waals surface area contributed by atoms with Crippen LogP contribution in [0.2, 0.25) is 0 Å². The highest BCUT2D eigenvalue weighted by atomic mass is 16.6. The van der Waals surface area contributed by atoms with E-state index in [-0.39, 0.29) is 18.2 Å². The molecule has 1 saturated heterocycles. The predicted molar refractivity (Wildman–Crippen MR) is 59.7 cm³/mol. The van der Waals surface area contributed by atoms with Gasteiger partial charge < -0.3 is 9.47 Å². The first-order chi connectivity index (χ1) is 7.75. The van der Waals surface area contributed by atoms with Crippen molar-refractivity contribution in [3.63, 3.8) is 0 Å². The van der Waals surface area contributed by atoms with E-state index in [1.807, 2.05) is 37.3 Å². The Morgan fingerprint density at radius 1 is 1.44 bits per heavy atom. The third kappa shape index (κ3) is 3.21. The molecule has 3 nitrogen and oxygen atoms in total. The van der Waals surface area contributed by atoms with Gasteiger partial charge in [0.15, 0.2) is 0 Å². The lowest BCUT2D eigenvalue weighted by Crippen LogP contribution is -2.01. The van der Waals surface area contributed by atoms with Crippen LogP contribution in [0.1, 0.15) is 12.5 Å². The molecule has 16 heavy (non-hydrogen) atoms. The summed E-state index contributed by atoms with van der Waals surface area (Å²) >= 11 is 0. The number of rotatable bonds is 4. The molecule has 1 aliphatic rings. The number of hydrogen-bond donors (Lipinski definition) is 0. The van der Waals surface area contributed by atoms with Gasteiger partial charge in [-0.25, -0.2) is 4.79 Å². The molecule has 0 aliphatic carbocycles. The van der Waals surface area contributed by atoms with Crippen LogP contribution in [0.4, 0.5) is 0 Å². The molecule has 0 saturated carbocycles. The van der Waals surface area contributed by atoms with Crippen molar-refractivity contribution >= 4 is 5.97 Å². The first-order valence-electron chi connectivity index (χ1n) is 5.30. The average molecular weight is 218 g/mol. The third-order valence-electron chi connectivity index (χ3n) is 2.40. The molecule has 0 unspecified atom stereocenters. The van der Waals surface area contributed by atoms with Crippen LogP contribution in [0.25, 0.3) is 0 Å². The molecule has 0 spiro atoms. The van der Waals surface area contributed by atoms with E-state index in [4.69, 9.17) is 9.47 Å². The summed E-state index contributed by atoms with van der Waals surface area (Å²) < 4.78 is 10.2. The topological polar surface area (TPSA) is 38.8 Å². The highest BCUT2D eigenvalue weighted by molar-refractivity contribution is 5.82. The Bertz CT molecular complexity index is 383. The van der Waals surface area contributed by atoms with E-state index >= 15 is 0 Å². The molecule has 2 rings (SSSR count). The molecule has 0 aromatic heterocycles. The Kier molecular flexibility index (Phi) is 3.37. The van der Waals surface area contributed by atoms with Crippen LogP contribution in [-0.2, 0) is 20.9 Å². The van der Waals surface area contributed by atoms with E-state index in [0.717, 1.165) is 5.56 Å². The molecule has 0 radical (unpaired) electrons. The summed E-state index contributed by atoms with van der Waals surface area (Å²) in [5.41, 5.74) is 0.986. The fourth-order valence-corrected chi connectivity index (χ4v) is 1.35. The fourth-order valence-electron chi connectivity index (χ4n) is 1.35. The summed E-state index contributed by atoms with van der Waals surface area (Å²) in [6, 6.07) is 9.60. The van der Waals surface area contributed by atoms with Crippen molar-refractivity contribution in [3.05, 3.63) is 48.0 Å². The first-order valence-corrected chi connectivity index (χ1v) is 5.30. The lowest BCUT2D eigenvalue weighted by Gasteiger charge is -2.00. The molecule has 1 aromatic rings. The van der Waals surface area contributed by atoms with Gasteiger partial charge in [-0.3, -0.25) is 0 Å². The van der Waals surface area contributed by atoms with Gasteiger partial charge in [-0.1, -0.05) is 30.3 Å². The number of esters is 1. The average Bonchev–Trinajstić information content (AvgIpc) is 3.01. The Morgan fingerprint density at radius 3 is 2.75 bits per heavy atom. The van der Waals surface area contributed by atoms with E-state index < -0.39 is 0 Å². The first kappa shape index (κ1) is 10.9. The zero-order valence-electron chi connectivity index (χ0n) is 9.13. The number of carbonyl (C=O) groups excluding carboxylic acids is 1. The molecule has 84 valence electrons. The number of ether oxygens (including phenoxy) is 2. The molecule has 0 bridgehead atoms. The van der Waals surface area contributed by atoms with E-state index in [0.29, 0.717) is 6.61 Å². The molecule has 3 heteroatoms. The summed E-state index contributed by atoms with van der Waals surface area (Å²) in [5, 5.41) is 0. The molecule has 1 aliphatic heterocycles. The van der Waals surface area contributed by atoms with E-state index in [1.165, 1.54) is 6.08 Å². The quantitative estimate of drug-likeness (QED) is 0.441. The second-order valence-electron chi connectivity index (χ2n) is 3.76. The van der Waals surface area contributed by atoms with Gasteiger partial charge in [-0.05, 0) is 18.6 Å². The molecule has 1 aromatic carbocycles. The van der Waals surface area contributed by atoms with Gasteiger partial charge in [0.1, 0.15) is 12.7 Å². The monoisotopic (exact) mass is 218 g/mol. The van der Waals surface area contributed by atoms with Crippen LogP contribution in [0, 0.1) is 0 Å². The second kappa shape index (κ2) is 4.94.